The molecule has 0 fully saturated rings. The first-order valence-electron chi connectivity index (χ1n) is 5.35. The van der Waals surface area contributed by atoms with Crippen LogP contribution >= 0.6 is 0 Å². The van der Waals surface area contributed by atoms with Crippen LogP contribution in [0.2, 0.25) is 0 Å². The van der Waals surface area contributed by atoms with Gasteiger partial charge in [0, 0.05) is 7.05 Å². The first-order valence-corrected chi connectivity index (χ1v) is 5.35. The Bertz CT molecular complexity index is 530. The number of nitrogens with two attached hydrogens (primary N) is 1. The highest BCUT2D eigenvalue weighted by Gasteiger charge is 2.34. The van der Waals surface area contributed by atoms with E-state index in [0.29, 0.717) is 17.0 Å². The number of halogens is 4. The maximum Gasteiger partial charge on any atom is 0.419 e. The van der Waals surface area contributed by atoms with E-state index in [4.69, 9.17) is 11.1 Å². The number of carbonyl (C=O) groups is 1. The van der Waals surface area contributed by atoms with Crippen LogP contribution in [0, 0.1) is 11.2 Å². The predicted octanol–water partition coefficient (Wildman–Crippen LogP) is 1.88. The van der Waals surface area contributed by atoms with Crippen molar-refractivity contribution in [1.29, 1.82) is 5.41 Å². The number of nitrogens with zero attached hydrogens (tertiary/aromatic N) is 1. The van der Waals surface area contributed by atoms with E-state index < -0.39 is 29.5 Å². The van der Waals surface area contributed by atoms with E-state index in [1.807, 2.05) is 0 Å². The fourth-order valence-corrected chi connectivity index (χ4v) is 1.47. The lowest BCUT2D eigenvalue weighted by atomic mass is 10.1. The van der Waals surface area contributed by atoms with Crippen LogP contribution in [0.3, 0.4) is 0 Å². The van der Waals surface area contributed by atoms with Gasteiger partial charge in [0.05, 0.1) is 12.1 Å². The maximum atomic E-state index is 13.1. The molecule has 0 saturated heterocycles. The molecule has 0 radical (unpaired) electrons. The zero-order valence-corrected chi connectivity index (χ0v) is 10.4. The van der Waals surface area contributed by atoms with Crippen molar-refractivity contribution in [2.45, 2.75) is 12.7 Å². The van der Waals surface area contributed by atoms with Crippen LogP contribution in [0.4, 0.5) is 22.4 Å². The van der Waals surface area contributed by atoms with Crippen LogP contribution in [-0.2, 0) is 12.7 Å². The molecule has 0 aliphatic heterocycles. The summed E-state index contributed by atoms with van der Waals surface area (Å²) in [5.74, 6) is -2.04. The number of rotatable bonds is 2. The number of hydrogen-bond acceptors (Lipinski definition) is 2. The SMILES string of the molecule is CNC(=O)N(Cc1ccc(F)c(C(F)(F)F)c1)C(=N)N. The second kappa shape index (κ2) is 5.76. The molecular formula is C11H12F4N4O. The number of alkyl halides is 3. The quantitative estimate of drug-likeness (QED) is 0.442. The third-order valence-corrected chi connectivity index (χ3v) is 2.43. The van der Waals surface area contributed by atoms with Gasteiger partial charge in [0.2, 0.25) is 0 Å². The average molecular weight is 292 g/mol. The van der Waals surface area contributed by atoms with Crippen LogP contribution in [-0.4, -0.2) is 23.9 Å². The molecule has 0 atom stereocenters. The molecular weight excluding hydrogens is 280 g/mol. The first kappa shape index (κ1) is 15.7. The molecule has 0 aliphatic rings. The number of nitrogens with one attached hydrogen (secondary N) is 2. The Morgan fingerprint density at radius 2 is 2.05 bits per heavy atom. The van der Waals surface area contributed by atoms with Crippen LogP contribution < -0.4 is 11.1 Å². The Morgan fingerprint density at radius 1 is 1.45 bits per heavy atom. The van der Waals surface area contributed by atoms with Gasteiger partial charge in [-0.25, -0.2) is 9.18 Å². The maximum absolute atomic E-state index is 13.1. The van der Waals surface area contributed by atoms with E-state index in [9.17, 15) is 22.4 Å². The smallest absolute Gasteiger partial charge is 0.370 e. The minimum Gasteiger partial charge on any atom is -0.370 e. The second-order valence-corrected chi connectivity index (χ2v) is 3.84. The van der Waals surface area contributed by atoms with Crippen LogP contribution in [0.25, 0.3) is 0 Å². The minimum absolute atomic E-state index is 0.00229. The first-order chi connectivity index (χ1) is 9.16. The highest BCUT2D eigenvalue weighted by Crippen LogP contribution is 2.32. The molecule has 20 heavy (non-hydrogen) atoms. The molecule has 1 aromatic rings. The third-order valence-electron chi connectivity index (χ3n) is 2.43. The Labute approximate surface area is 111 Å². The lowest BCUT2D eigenvalue weighted by molar-refractivity contribution is -0.140. The Morgan fingerprint density at radius 3 is 2.50 bits per heavy atom. The molecule has 0 aromatic heterocycles. The minimum atomic E-state index is -4.84. The molecule has 1 aromatic carbocycles. The molecule has 5 nitrogen and oxygen atoms in total. The standard InChI is InChI=1S/C11H12F4N4O/c1-18-10(20)19(9(16)17)5-6-2-3-8(12)7(4-6)11(13,14)15/h2-4H,5H2,1H3,(H3,16,17)(H,18,20). The number of hydrogen-bond donors (Lipinski definition) is 3. The summed E-state index contributed by atoms with van der Waals surface area (Å²) in [7, 11) is 1.28. The summed E-state index contributed by atoms with van der Waals surface area (Å²) in [6.07, 6.45) is -4.84. The molecule has 9 heteroatoms. The molecule has 1 rings (SSSR count). The fourth-order valence-electron chi connectivity index (χ4n) is 1.47. The summed E-state index contributed by atoms with van der Waals surface area (Å²) in [5.41, 5.74) is 3.73. The van der Waals surface area contributed by atoms with Crippen molar-refractivity contribution < 1.29 is 22.4 Å². The highest BCUT2D eigenvalue weighted by molar-refractivity contribution is 5.93. The molecule has 0 unspecified atom stereocenters. The van der Waals surface area contributed by atoms with Gasteiger partial charge in [-0.05, 0) is 17.7 Å². The largest absolute Gasteiger partial charge is 0.419 e. The van der Waals surface area contributed by atoms with Gasteiger partial charge in [-0.1, -0.05) is 6.07 Å². The summed E-state index contributed by atoms with van der Waals surface area (Å²) >= 11 is 0. The van der Waals surface area contributed by atoms with Crippen molar-refractivity contribution in [3.63, 3.8) is 0 Å². The number of carbonyl (C=O) groups excluding carboxylic acids is 1. The van der Waals surface area contributed by atoms with E-state index >= 15 is 0 Å². The second-order valence-electron chi connectivity index (χ2n) is 3.84. The topological polar surface area (TPSA) is 82.2 Å². The van der Waals surface area contributed by atoms with Crippen LogP contribution in [0.15, 0.2) is 18.2 Å². The van der Waals surface area contributed by atoms with Crippen molar-refractivity contribution in [3.8, 4) is 0 Å². The summed E-state index contributed by atoms with van der Waals surface area (Å²) in [6.45, 7) is -0.377. The van der Waals surface area contributed by atoms with E-state index in [-0.39, 0.29) is 12.1 Å². The molecule has 110 valence electrons. The van der Waals surface area contributed by atoms with Gasteiger partial charge >= 0.3 is 12.2 Å². The molecule has 0 aliphatic carbocycles. The monoisotopic (exact) mass is 292 g/mol. The van der Waals surface area contributed by atoms with E-state index in [2.05, 4.69) is 5.32 Å². The van der Waals surface area contributed by atoms with Crippen molar-refractivity contribution in [2.24, 2.45) is 5.73 Å². The third kappa shape index (κ3) is 3.59. The summed E-state index contributed by atoms with van der Waals surface area (Å²) in [5, 5.41) is 9.39. The normalized spacial score (nSPS) is 11.1. The number of guanidine groups is 1. The average Bonchev–Trinajstić information content (AvgIpc) is 2.35. The summed E-state index contributed by atoms with van der Waals surface area (Å²) in [6, 6.07) is 1.56. The van der Waals surface area contributed by atoms with Crippen molar-refractivity contribution in [3.05, 3.63) is 35.1 Å². The number of amides is 2. The fraction of sp³-hybridized carbons (Fsp3) is 0.273. The Kier molecular flexibility index (Phi) is 4.53. The molecule has 0 heterocycles. The van der Waals surface area contributed by atoms with Gasteiger partial charge in [-0.3, -0.25) is 10.3 Å². The predicted molar refractivity (Wildman–Crippen MR) is 63.3 cm³/mol. The molecule has 2 amide bonds. The van der Waals surface area contributed by atoms with E-state index in [1.54, 1.807) is 0 Å². The van der Waals surface area contributed by atoms with Gasteiger partial charge in [0.15, 0.2) is 5.96 Å². The Balaban J connectivity index is 3.09. The van der Waals surface area contributed by atoms with Gasteiger partial charge in [-0.15, -0.1) is 0 Å². The van der Waals surface area contributed by atoms with Gasteiger partial charge in [0.1, 0.15) is 5.82 Å². The molecule has 4 N–H and O–H groups in total. The Hall–Kier alpha value is -2.32. The van der Waals surface area contributed by atoms with Crippen molar-refractivity contribution in [2.75, 3.05) is 7.05 Å². The number of benzene rings is 1. The molecule has 0 spiro atoms. The summed E-state index contributed by atoms with van der Waals surface area (Å²) in [4.78, 5) is 12.1. The highest BCUT2D eigenvalue weighted by atomic mass is 19.4. The number of urea groups is 1. The van der Waals surface area contributed by atoms with Gasteiger partial charge in [-0.2, -0.15) is 13.2 Å². The molecule has 0 saturated carbocycles. The zero-order chi connectivity index (χ0) is 15.5. The van der Waals surface area contributed by atoms with Gasteiger partial charge < -0.3 is 11.1 Å². The van der Waals surface area contributed by atoms with Crippen molar-refractivity contribution >= 4 is 12.0 Å². The molecule has 0 bridgehead atoms. The van der Waals surface area contributed by atoms with Crippen molar-refractivity contribution in [1.82, 2.24) is 10.2 Å². The van der Waals surface area contributed by atoms with E-state index in [1.165, 1.54) is 7.05 Å². The summed E-state index contributed by atoms with van der Waals surface area (Å²) < 4.78 is 50.8. The van der Waals surface area contributed by atoms with Gasteiger partial charge in [0.25, 0.3) is 0 Å². The lowest BCUT2D eigenvalue weighted by Gasteiger charge is -2.20. The van der Waals surface area contributed by atoms with Crippen LogP contribution in [0.1, 0.15) is 11.1 Å². The van der Waals surface area contributed by atoms with E-state index in [0.717, 1.165) is 6.07 Å². The lowest BCUT2D eigenvalue weighted by Crippen LogP contribution is -2.45. The van der Waals surface area contributed by atoms with Crippen LogP contribution in [0.5, 0.6) is 0 Å². The zero-order valence-electron chi connectivity index (χ0n) is 10.4.